The van der Waals surface area contributed by atoms with Gasteiger partial charge in [-0.2, -0.15) is 0 Å². The van der Waals surface area contributed by atoms with Crippen LogP contribution in [0.4, 0.5) is 0 Å². The maximum absolute atomic E-state index is 12.1. The van der Waals surface area contributed by atoms with Gasteiger partial charge in [0.15, 0.2) is 0 Å². The Bertz CT molecular complexity index is 1160. The van der Waals surface area contributed by atoms with Crippen LogP contribution < -0.4 is 0 Å². The Balaban J connectivity index is 1.13. The van der Waals surface area contributed by atoms with E-state index in [2.05, 4.69) is 62.6 Å². The van der Waals surface area contributed by atoms with Crippen molar-refractivity contribution in [2.24, 2.45) is 17.8 Å². The molecule has 37 heavy (non-hydrogen) atoms. The van der Waals surface area contributed by atoms with Crippen LogP contribution in [0.3, 0.4) is 0 Å². The first kappa shape index (κ1) is 25.9. The number of nitrogens with zero attached hydrogens (tertiary/aromatic N) is 4. The number of aliphatic carboxylic acids is 1. The zero-order valence-corrected chi connectivity index (χ0v) is 22.1. The Hall–Kier alpha value is -2.77. The Kier molecular flexibility index (Phi) is 8.20. The topological polar surface area (TPSA) is 82.7 Å². The number of fused-ring (bicyclic) bond motifs is 1. The molecule has 0 bridgehead atoms. The van der Waals surface area contributed by atoms with Crippen LogP contribution in [0.2, 0.25) is 0 Å². The molecule has 5 rings (SSSR count). The van der Waals surface area contributed by atoms with E-state index in [1.54, 1.807) is 0 Å². The predicted molar refractivity (Wildman–Crippen MR) is 144 cm³/mol. The van der Waals surface area contributed by atoms with E-state index in [0.29, 0.717) is 11.8 Å². The largest absolute Gasteiger partial charge is 0.480 e. The lowest BCUT2D eigenvalue weighted by Gasteiger charge is -2.35. The highest BCUT2D eigenvalue weighted by molar-refractivity contribution is 5.74. The second-order valence-corrected chi connectivity index (χ2v) is 11.5. The van der Waals surface area contributed by atoms with E-state index in [-0.39, 0.29) is 5.92 Å². The van der Waals surface area contributed by atoms with Crippen molar-refractivity contribution in [1.82, 2.24) is 20.1 Å². The second-order valence-electron chi connectivity index (χ2n) is 11.5. The third-order valence-corrected chi connectivity index (χ3v) is 8.57. The summed E-state index contributed by atoms with van der Waals surface area (Å²) in [5.41, 5.74) is 4.31. The molecule has 2 aromatic carbocycles. The molecule has 0 aliphatic carbocycles. The number of rotatable bonds is 10. The van der Waals surface area contributed by atoms with Gasteiger partial charge in [-0.15, -0.1) is 0 Å². The van der Waals surface area contributed by atoms with Gasteiger partial charge < -0.3 is 10.0 Å². The number of benzene rings is 2. The first-order chi connectivity index (χ1) is 18.0. The number of aryl methyl sites for hydroxylation is 1. The van der Waals surface area contributed by atoms with Gasteiger partial charge in [-0.25, -0.2) is 4.63 Å². The fraction of sp³-hybridized carbons (Fsp3) is 0.567. The van der Waals surface area contributed by atoms with E-state index in [9.17, 15) is 9.90 Å². The fourth-order valence-corrected chi connectivity index (χ4v) is 6.62. The fourth-order valence-electron chi connectivity index (χ4n) is 6.62. The van der Waals surface area contributed by atoms with Crippen molar-refractivity contribution in [3.63, 3.8) is 0 Å². The van der Waals surface area contributed by atoms with E-state index in [4.69, 9.17) is 4.63 Å². The van der Waals surface area contributed by atoms with E-state index in [0.717, 1.165) is 56.1 Å². The zero-order valence-electron chi connectivity index (χ0n) is 22.1. The molecule has 0 spiro atoms. The molecule has 3 heterocycles. The average molecular weight is 505 g/mol. The van der Waals surface area contributed by atoms with Crippen LogP contribution in [0.1, 0.15) is 56.6 Å². The standard InChI is InChI=1S/C30H40N4O3/c1-21(2)29(30(35)36)34-19-25(26(20-34)24-9-4-3-5-10-24)18-33-15-13-22(14-16-33)7-6-8-23-11-12-27-28(17-23)32-37-31-27/h3-5,9-12,17,21-22,25-26,29H,6-8,13-16,18-20H2,1-2H3,(H,35,36). The molecule has 1 aromatic heterocycles. The first-order valence-electron chi connectivity index (χ1n) is 13.9. The molecule has 0 saturated carbocycles. The lowest BCUT2D eigenvalue weighted by atomic mass is 9.87. The van der Waals surface area contributed by atoms with Gasteiger partial charge in [0, 0.05) is 25.6 Å². The van der Waals surface area contributed by atoms with Gasteiger partial charge in [0.1, 0.15) is 17.1 Å². The van der Waals surface area contributed by atoms with Gasteiger partial charge in [0.05, 0.1) is 0 Å². The normalized spacial score (nSPS) is 22.7. The summed E-state index contributed by atoms with van der Waals surface area (Å²) in [5.74, 6) is 1.03. The van der Waals surface area contributed by atoms with E-state index < -0.39 is 12.0 Å². The second kappa shape index (κ2) is 11.7. The number of carbonyl (C=O) groups is 1. The Morgan fingerprint density at radius 2 is 1.81 bits per heavy atom. The molecule has 1 N–H and O–H groups in total. The van der Waals surface area contributed by atoms with Crippen LogP contribution in [0.5, 0.6) is 0 Å². The summed E-state index contributed by atoms with van der Waals surface area (Å²) in [6.07, 6.45) is 6.04. The number of hydrogen-bond donors (Lipinski definition) is 1. The van der Waals surface area contributed by atoms with Crippen molar-refractivity contribution >= 4 is 17.0 Å². The van der Waals surface area contributed by atoms with Gasteiger partial charge >= 0.3 is 5.97 Å². The SMILES string of the molecule is CC(C)C(C(=O)O)N1CC(CN2CCC(CCCc3ccc4nonc4c3)CC2)C(c2ccccc2)C1. The molecule has 2 saturated heterocycles. The van der Waals surface area contributed by atoms with Crippen molar-refractivity contribution in [2.45, 2.75) is 57.9 Å². The highest BCUT2D eigenvalue weighted by atomic mass is 16.6. The molecule has 3 atom stereocenters. The average Bonchev–Trinajstić information content (AvgIpc) is 3.52. The summed E-state index contributed by atoms with van der Waals surface area (Å²) >= 11 is 0. The van der Waals surface area contributed by atoms with Crippen molar-refractivity contribution in [3.05, 3.63) is 59.7 Å². The summed E-state index contributed by atoms with van der Waals surface area (Å²) in [4.78, 5) is 16.9. The molecule has 7 nitrogen and oxygen atoms in total. The molecule has 198 valence electrons. The van der Waals surface area contributed by atoms with Gasteiger partial charge in [0.2, 0.25) is 0 Å². The zero-order chi connectivity index (χ0) is 25.8. The Morgan fingerprint density at radius 1 is 1.05 bits per heavy atom. The molecule has 3 unspecified atom stereocenters. The molecule has 2 fully saturated rings. The van der Waals surface area contributed by atoms with Gasteiger partial charge in [0.25, 0.3) is 0 Å². The van der Waals surface area contributed by atoms with Crippen LogP contribution >= 0.6 is 0 Å². The van der Waals surface area contributed by atoms with Gasteiger partial charge in [-0.1, -0.05) is 56.7 Å². The molecular formula is C30H40N4O3. The molecule has 2 aliphatic rings. The summed E-state index contributed by atoms with van der Waals surface area (Å²) < 4.78 is 4.81. The van der Waals surface area contributed by atoms with E-state index in [1.165, 1.54) is 36.8 Å². The summed E-state index contributed by atoms with van der Waals surface area (Å²) in [6, 6.07) is 16.5. The Morgan fingerprint density at radius 3 is 2.54 bits per heavy atom. The van der Waals surface area contributed by atoms with Crippen molar-refractivity contribution in [2.75, 3.05) is 32.7 Å². The van der Waals surface area contributed by atoms with Crippen LogP contribution in [0.25, 0.3) is 11.0 Å². The highest BCUT2D eigenvalue weighted by Crippen LogP contribution is 2.36. The molecule has 2 aliphatic heterocycles. The number of hydrogen-bond acceptors (Lipinski definition) is 6. The predicted octanol–water partition coefficient (Wildman–Crippen LogP) is 5.08. The number of piperidine rings is 1. The van der Waals surface area contributed by atoms with Gasteiger partial charge in [-0.05, 0) is 90.1 Å². The molecule has 3 aromatic rings. The maximum atomic E-state index is 12.1. The monoisotopic (exact) mass is 504 g/mol. The van der Waals surface area contributed by atoms with E-state index >= 15 is 0 Å². The minimum absolute atomic E-state index is 0.0953. The number of likely N-dealkylation sites (tertiary alicyclic amines) is 2. The quantitative estimate of drug-likeness (QED) is 0.412. The number of carboxylic acids is 1. The summed E-state index contributed by atoms with van der Waals surface area (Å²) in [6.45, 7) is 9.09. The molecule has 0 amide bonds. The first-order valence-corrected chi connectivity index (χ1v) is 13.9. The van der Waals surface area contributed by atoms with Crippen molar-refractivity contribution < 1.29 is 14.5 Å². The number of aromatic nitrogens is 2. The summed E-state index contributed by atoms with van der Waals surface area (Å²) in [5, 5.41) is 17.8. The smallest absolute Gasteiger partial charge is 0.321 e. The van der Waals surface area contributed by atoms with Crippen molar-refractivity contribution in [3.8, 4) is 0 Å². The minimum Gasteiger partial charge on any atom is -0.480 e. The van der Waals surface area contributed by atoms with Crippen LogP contribution in [0, 0.1) is 17.8 Å². The third-order valence-electron chi connectivity index (χ3n) is 8.57. The highest BCUT2D eigenvalue weighted by Gasteiger charge is 2.41. The van der Waals surface area contributed by atoms with Crippen LogP contribution in [0.15, 0.2) is 53.2 Å². The summed E-state index contributed by atoms with van der Waals surface area (Å²) in [7, 11) is 0. The maximum Gasteiger partial charge on any atom is 0.321 e. The van der Waals surface area contributed by atoms with Gasteiger partial charge in [-0.3, -0.25) is 9.69 Å². The molecule has 7 heteroatoms. The minimum atomic E-state index is -0.694. The lowest BCUT2D eigenvalue weighted by Crippen LogP contribution is -2.44. The van der Waals surface area contributed by atoms with Crippen molar-refractivity contribution in [1.29, 1.82) is 0 Å². The molecule has 0 radical (unpaired) electrons. The number of carboxylic acid groups (broad SMARTS) is 1. The Labute approximate surface area is 219 Å². The van der Waals surface area contributed by atoms with Crippen LogP contribution in [-0.2, 0) is 11.2 Å². The lowest BCUT2D eigenvalue weighted by molar-refractivity contribution is -0.144. The van der Waals surface area contributed by atoms with E-state index in [1.807, 2.05) is 19.9 Å². The third kappa shape index (κ3) is 6.21. The van der Waals surface area contributed by atoms with Crippen LogP contribution in [-0.4, -0.2) is 70.0 Å². The molecular weight excluding hydrogens is 464 g/mol.